The molecule has 0 spiro atoms. The van der Waals surface area contributed by atoms with Gasteiger partial charge >= 0.3 is 0 Å². The van der Waals surface area contributed by atoms with E-state index in [0.29, 0.717) is 5.69 Å². The quantitative estimate of drug-likeness (QED) is 0.712. The molecule has 4 heteroatoms. The smallest absolute Gasteiger partial charge is 0.131 e. The number of alkyl halides is 1. The molecule has 66 valence electrons. The van der Waals surface area contributed by atoms with Gasteiger partial charge in [0.25, 0.3) is 0 Å². The molecule has 1 aliphatic rings. The minimum absolute atomic E-state index is 0.262. The molecule has 0 atom stereocenters. The van der Waals surface area contributed by atoms with Gasteiger partial charge < -0.3 is 10.3 Å². The zero-order chi connectivity index (χ0) is 8.77. The third-order valence-corrected chi connectivity index (χ3v) is 2.46. The summed E-state index contributed by atoms with van der Waals surface area (Å²) in [5.41, 5.74) is 6.27. The van der Waals surface area contributed by atoms with Crippen molar-refractivity contribution in [3.05, 3.63) is 17.7 Å². The lowest BCUT2D eigenvalue weighted by molar-refractivity contribution is 0.460. The van der Waals surface area contributed by atoms with Crippen LogP contribution in [0.25, 0.3) is 0 Å². The Kier molecular flexibility index (Phi) is 1.48. The summed E-state index contributed by atoms with van der Waals surface area (Å²) in [6.45, 7) is -0.473. The molecule has 12 heavy (non-hydrogen) atoms. The summed E-state index contributed by atoms with van der Waals surface area (Å²) < 4.78 is 14.1. The average Bonchev–Trinajstić information content (AvgIpc) is 2.65. The molecule has 2 rings (SSSR count). The highest BCUT2D eigenvalue weighted by molar-refractivity contribution is 5.19. The molecule has 0 aliphatic heterocycles. The van der Waals surface area contributed by atoms with E-state index in [1.165, 1.54) is 0 Å². The fraction of sp³-hybridized carbons (Fsp3) is 0.625. The Labute approximate surface area is 70.4 Å². The maximum atomic E-state index is 12.3. The Morgan fingerprint density at radius 3 is 2.83 bits per heavy atom. The van der Waals surface area contributed by atoms with Crippen molar-refractivity contribution in [2.75, 3.05) is 0 Å². The Bertz CT molecular complexity index is 301. The minimum Gasteiger partial charge on any atom is -0.331 e. The van der Waals surface area contributed by atoms with Crippen LogP contribution in [0.4, 0.5) is 4.39 Å². The van der Waals surface area contributed by atoms with Gasteiger partial charge in [-0.1, -0.05) is 0 Å². The van der Waals surface area contributed by atoms with E-state index in [2.05, 4.69) is 4.98 Å². The van der Waals surface area contributed by atoms with E-state index in [-0.39, 0.29) is 5.54 Å². The zero-order valence-corrected chi connectivity index (χ0v) is 7.05. The molecule has 0 unspecified atom stereocenters. The van der Waals surface area contributed by atoms with Crippen LogP contribution < -0.4 is 5.73 Å². The fourth-order valence-corrected chi connectivity index (χ4v) is 1.39. The molecular weight excluding hydrogens is 157 g/mol. The van der Waals surface area contributed by atoms with Crippen LogP contribution in [0.5, 0.6) is 0 Å². The SMILES string of the molecule is Cn1c(CF)cnc1C1(N)CC1. The van der Waals surface area contributed by atoms with Crippen molar-refractivity contribution in [3.63, 3.8) is 0 Å². The lowest BCUT2D eigenvalue weighted by Crippen LogP contribution is -2.23. The molecule has 3 nitrogen and oxygen atoms in total. The summed E-state index contributed by atoms with van der Waals surface area (Å²) in [6, 6.07) is 0. The van der Waals surface area contributed by atoms with Gasteiger partial charge in [-0.15, -0.1) is 0 Å². The van der Waals surface area contributed by atoms with Gasteiger partial charge in [0.15, 0.2) is 0 Å². The van der Waals surface area contributed by atoms with Crippen molar-refractivity contribution in [2.24, 2.45) is 12.8 Å². The van der Waals surface area contributed by atoms with Crippen molar-refractivity contribution in [2.45, 2.75) is 25.1 Å². The third-order valence-electron chi connectivity index (χ3n) is 2.46. The maximum Gasteiger partial charge on any atom is 0.131 e. The maximum absolute atomic E-state index is 12.3. The van der Waals surface area contributed by atoms with Crippen molar-refractivity contribution in [1.29, 1.82) is 0 Å². The summed E-state index contributed by atoms with van der Waals surface area (Å²) in [4.78, 5) is 4.12. The molecule has 1 heterocycles. The summed E-state index contributed by atoms with van der Waals surface area (Å²) in [5.74, 6) is 0.815. The summed E-state index contributed by atoms with van der Waals surface area (Å²) in [6.07, 6.45) is 3.48. The zero-order valence-electron chi connectivity index (χ0n) is 7.05. The van der Waals surface area contributed by atoms with Crippen LogP contribution >= 0.6 is 0 Å². The van der Waals surface area contributed by atoms with Crippen LogP contribution in [0.15, 0.2) is 6.20 Å². The van der Waals surface area contributed by atoms with Gasteiger partial charge in [0.2, 0.25) is 0 Å². The van der Waals surface area contributed by atoms with Crippen molar-refractivity contribution < 1.29 is 4.39 Å². The molecule has 1 aromatic heterocycles. The Hall–Kier alpha value is -0.900. The third kappa shape index (κ3) is 0.948. The molecule has 0 bridgehead atoms. The Morgan fingerprint density at radius 1 is 1.75 bits per heavy atom. The predicted octanol–water partition coefficient (Wildman–Crippen LogP) is 0.837. The number of nitrogens with two attached hydrogens (primary N) is 1. The van der Waals surface area contributed by atoms with Gasteiger partial charge in [-0.05, 0) is 12.8 Å². The van der Waals surface area contributed by atoms with E-state index in [4.69, 9.17) is 5.73 Å². The van der Waals surface area contributed by atoms with Crippen molar-refractivity contribution >= 4 is 0 Å². The standard InChI is InChI=1S/C8H12FN3/c1-12-6(4-9)5-11-7(12)8(10)2-3-8/h5H,2-4,10H2,1H3. The van der Waals surface area contributed by atoms with Crippen LogP contribution in [0, 0.1) is 0 Å². The first-order valence-corrected chi connectivity index (χ1v) is 4.03. The molecule has 0 saturated heterocycles. The molecule has 1 saturated carbocycles. The van der Waals surface area contributed by atoms with E-state index in [9.17, 15) is 4.39 Å². The lowest BCUT2D eigenvalue weighted by Gasteiger charge is -2.08. The predicted molar refractivity (Wildman–Crippen MR) is 43.1 cm³/mol. The molecular formula is C8H12FN3. The van der Waals surface area contributed by atoms with Crippen LogP contribution in [-0.4, -0.2) is 9.55 Å². The summed E-state index contributed by atoms with van der Waals surface area (Å²) in [7, 11) is 1.81. The van der Waals surface area contributed by atoms with Crippen LogP contribution in [0.3, 0.4) is 0 Å². The van der Waals surface area contributed by atoms with E-state index < -0.39 is 6.67 Å². The largest absolute Gasteiger partial charge is 0.331 e. The number of halogens is 1. The molecule has 1 aromatic rings. The van der Waals surface area contributed by atoms with E-state index in [1.54, 1.807) is 10.8 Å². The van der Waals surface area contributed by atoms with Crippen molar-refractivity contribution in [1.82, 2.24) is 9.55 Å². The van der Waals surface area contributed by atoms with Gasteiger partial charge in [-0.2, -0.15) is 0 Å². The van der Waals surface area contributed by atoms with Crippen molar-refractivity contribution in [3.8, 4) is 0 Å². The lowest BCUT2D eigenvalue weighted by atomic mass is 10.3. The van der Waals surface area contributed by atoms with Gasteiger partial charge in [0.05, 0.1) is 17.4 Å². The Balaban J connectivity index is 2.39. The van der Waals surface area contributed by atoms with E-state index >= 15 is 0 Å². The molecule has 0 amide bonds. The summed E-state index contributed by atoms with van der Waals surface area (Å²) >= 11 is 0. The van der Waals surface area contributed by atoms with Crippen LogP contribution in [-0.2, 0) is 19.3 Å². The van der Waals surface area contributed by atoms with Gasteiger partial charge in [-0.3, -0.25) is 0 Å². The highest BCUT2D eigenvalue weighted by Crippen LogP contribution is 2.41. The second kappa shape index (κ2) is 2.29. The number of nitrogens with zero attached hydrogens (tertiary/aromatic N) is 2. The molecule has 0 aromatic carbocycles. The van der Waals surface area contributed by atoms with Crippen LogP contribution in [0.2, 0.25) is 0 Å². The fourth-order valence-electron chi connectivity index (χ4n) is 1.39. The number of rotatable bonds is 2. The normalized spacial score (nSPS) is 19.6. The first kappa shape index (κ1) is 7.73. The molecule has 2 N–H and O–H groups in total. The average molecular weight is 169 g/mol. The highest BCUT2D eigenvalue weighted by atomic mass is 19.1. The monoisotopic (exact) mass is 169 g/mol. The molecule has 1 fully saturated rings. The highest BCUT2D eigenvalue weighted by Gasteiger charge is 2.43. The second-order valence-electron chi connectivity index (χ2n) is 3.42. The second-order valence-corrected chi connectivity index (χ2v) is 3.42. The summed E-state index contributed by atoms with van der Waals surface area (Å²) in [5, 5.41) is 0. The van der Waals surface area contributed by atoms with E-state index in [0.717, 1.165) is 18.7 Å². The number of hydrogen-bond donors (Lipinski definition) is 1. The van der Waals surface area contributed by atoms with Gasteiger partial charge in [-0.25, -0.2) is 9.37 Å². The molecule has 1 aliphatic carbocycles. The number of imidazole rings is 1. The van der Waals surface area contributed by atoms with Crippen LogP contribution in [0.1, 0.15) is 24.4 Å². The van der Waals surface area contributed by atoms with Gasteiger partial charge in [0.1, 0.15) is 12.5 Å². The number of hydrogen-bond acceptors (Lipinski definition) is 2. The number of aromatic nitrogens is 2. The van der Waals surface area contributed by atoms with Gasteiger partial charge in [0, 0.05) is 7.05 Å². The topological polar surface area (TPSA) is 43.8 Å². The minimum atomic E-state index is -0.473. The molecule has 0 radical (unpaired) electrons. The first-order chi connectivity index (χ1) is 5.67. The first-order valence-electron chi connectivity index (χ1n) is 4.03. The Morgan fingerprint density at radius 2 is 2.42 bits per heavy atom. The van der Waals surface area contributed by atoms with E-state index in [1.807, 2.05) is 7.05 Å².